The lowest BCUT2D eigenvalue weighted by molar-refractivity contribution is 0.145. The second kappa shape index (κ2) is 14.6. The zero-order valence-corrected chi connectivity index (χ0v) is 26.2. The van der Waals surface area contributed by atoms with E-state index in [0.717, 1.165) is 39.1 Å². The van der Waals surface area contributed by atoms with E-state index >= 15 is 4.39 Å². The molecule has 2 heterocycles. The molecule has 12 heteroatoms. The fraction of sp³-hybridized carbons (Fsp3) is 0.281. The predicted molar refractivity (Wildman–Crippen MR) is 177 cm³/mol. The molecule has 1 saturated heterocycles. The number of methoxy groups -OCH3 is 1. The SMILES string of the molecule is COc1cc2c(Oc3ccc(C=NN(C(N)=S)c4ccc(Cl)cc4)cc3F)ccnc2cc1OCCCN1CCN(C)CC1. The van der Waals surface area contributed by atoms with Crippen molar-refractivity contribution in [1.82, 2.24) is 14.8 Å². The third-order valence-electron chi connectivity index (χ3n) is 7.24. The highest BCUT2D eigenvalue weighted by atomic mass is 35.5. The summed E-state index contributed by atoms with van der Waals surface area (Å²) in [5, 5.41) is 6.94. The molecule has 2 N–H and O–H groups in total. The largest absolute Gasteiger partial charge is 0.493 e. The van der Waals surface area contributed by atoms with Gasteiger partial charge in [-0.05, 0) is 85.8 Å². The smallest absolute Gasteiger partial charge is 0.191 e. The van der Waals surface area contributed by atoms with Crippen LogP contribution in [0.15, 0.2) is 72.0 Å². The summed E-state index contributed by atoms with van der Waals surface area (Å²) in [6.45, 7) is 5.87. The average molecular weight is 637 g/mol. The third-order valence-corrected chi connectivity index (χ3v) is 7.66. The van der Waals surface area contributed by atoms with Crippen LogP contribution in [0.4, 0.5) is 10.1 Å². The van der Waals surface area contributed by atoms with E-state index in [1.807, 2.05) is 6.07 Å². The van der Waals surface area contributed by atoms with Crippen molar-refractivity contribution in [2.75, 3.05) is 58.5 Å². The Morgan fingerprint density at radius 1 is 1.05 bits per heavy atom. The molecule has 1 aliphatic heterocycles. The van der Waals surface area contributed by atoms with Crippen LogP contribution in [0.3, 0.4) is 0 Å². The number of nitrogens with zero attached hydrogens (tertiary/aromatic N) is 5. The van der Waals surface area contributed by atoms with Crippen LogP contribution in [0.2, 0.25) is 5.02 Å². The molecule has 1 aromatic heterocycles. The summed E-state index contributed by atoms with van der Waals surface area (Å²) in [6.07, 6.45) is 3.97. The van der Waals surface area contributed by atoms with Gasteiger partial charge < -0.3 is 29.7 Å². The number of piperazine rings is 1. The number of ether oxygens (including phenoxy) is 3. The van der Waals surface area contributed by atoms with Gasteiger partial charge >= 0.3 is 0 Å². The minimum absolute atomic E-state index is 0.0307. The van der Waals surface area contributed by atoms with E-state index in [2.05, 4.69) is 26.9 Å². The van der Waals surface area contributed by atoms with Gasteiger partial charge in [0.2, 0.25) is 0 Å². The zero-order valence-electron chi connectivity index (χ0n) is 24.6. The van der Waals surface area contributed by atoms with Crippen molar-refractivity contribution in [3.63, 3.8) is 0 Å². The van der Waals surface area contributed by atoms with Crippen molar-refractivity contribution in [2.45, 2.75) is 6.42 Å². The molecular formula is C32H34ClFN6O3S. The fourth-order valence-corrected chi connectivity index (χ4v) is 5.07. The number of hydrogen-bond donors (Lipinski definition) is 1. The van der Waals surface area contributed by atoms with Crippen LogP contribution in [-0.4, -0.2) is 79.6 Å². The Morgan fingerprint density at radius 3 is 2.52 bits per heavy atom. The summed E-state index contributed by atoms with van der Waals surface area (Å²) < 4.78 is 32.9. The number of rotatable bonds is 11. The van der Waals surface area contributed by atoms with Crippen LogP contribution in [-0.2, 0) is 0 Å². The van der Waals surface area contributed by atoms with Gasteiger partial charge in [0, 0.05) is 55.4 Å². The highest BCUT2D eigenvalue weighted by Gasteiger charge is 2.16. The monoisotopic (exact) mass is 636 g/mol. The number of benzene rings is 3. The summed E-state index contributed by atoms with van der Waals surface area (Å²) in [7, 11) is 3.74. The number of anilines is 1. The molecule has 0 atom stereocenters. The zero-order chi connectivity index (χ0) is 31.1. The van der Waals surface area contributed by atoms with Gasteiger partial charge in [0.25, 0.3) is 0 Å². The summed E-state index contributed by atoms with van der Waals surface area (Å²) in [5.74, 6) is 1.05. The molecule has 44 heavy (non-hydrogen) atoms. The molecule has 5 rings (SSSR count). The molecule has 0 amide bonds. The number of likely N-dealkylation sites (N-methyl/N-ethyl adjacent to an activating group) is 1. The van der Waals surface area contributed by atoms with Crippen molar-refractivity contribution in [1.29, 1.82) is 0 Å². The Labute approximate surface area is 266 Å². The van der Waals surface area contributed by atoms with E-state index in [-0.39, 0.29) is 10.9 Å². The van der Waals surface area contributed by atoms with E-state index in [0.29, 0.717) is 51.0 Å². The minimum atomic E-state index is -0.570. The predicted octanol–water partition coefficient (Wildman–Crippen LogP) is 5.93. The van der Waals surface area contributed by atoms with Gasteiger partial charge in [-0.3, -0.25) is 4.98 Å². The topological polar surface area (TPSA) is 88.7 Å². The summed E-state index contributed by atoms with van der Waals surface area (Å²) >= 11 is 11.1. The first-order valence-corrected chi connectivity index (χ1v) is 15.0. The van der Waals surface area contributed by atoms with Crippen LogP contribution in [0.25, 0.3) is 10.9 Å². The highest BCUT2D eigenvalue weighted by molar-refractivity contribution is 7.80. The first-order chi connectivity index (χ1) is 21.3. The molecule has 230 valence electrons. The number of fused-ring (bicyclic) bond motifs is 1. The van der Waals surface area contributed by atoms with Gasteiger partial charge in [-0.2, -0.15) is 5.10 Å². The Hall–Kier alpha value is -4.03. The van der Waals surface area contributed by atoms with Gasteiger partial charge in [0.05, 0.1) is 31.1 Å². The molecule has 0 aliphatic carbocycles. The van der Waals surface area contributed by atoms with Crippen LogP contribution in [0.5, 0.6) is 23.0 Å². The lowest BCUT2D eigenvalue weighted by atomic mass is 10.1. The van der Waals surface area contributed by atoms with Gasteiger partial charge in [-0.25, -0.2) is 9.40 Å². The van der Waals surface area contributed by atoms with E-state index in [1.165, 1.54) is 23.4 Å². The number of nitrogens with two attached hydrogens (primary N) is 1. The van der Waals surface area contributed by atoms with Crippen molar-refractivity contribution in [3.8, 4) is 23.0 Å². The summed E-state index contributed by atoms with van der Waals surface area (Å²) in [4.78, 5) is 9.27. The lowest BCUT2D eigenvalue weighted by Crippen LogP contribution is -2.44. The fourth-order valence-electron chi connectivity index (χ4n) is 4.79. The number of aromatic nitrogens is 1. The van der Waals surface area contributed by atoms with E-state index in [4.69, 9.17) is 43.8 Å². The van der Waals surface area contributed by atoms with Gasteiger partial charge in [-0.1, -0.05) is 11.6 Å². The first kappa shape index (κ1) is 31.4. The Balaban J connectivity index is 1.27. The second-order valence-electron chi connectivity index (χ2n) is 10.3. The normalized spacial score (nSPS) is 14.2. The Bertz CT molecular complexity index is 1630. The Morgan fingerprint density at radius 2 is 1.82 bits per heavy atom. The molecule has 0 bridgehead atoms. The van der Waals surface area contributed by atoms with E-state index in [1.54, 1.807) is 55.8 Å². The van der Waals surface area contributed by atoms with Crippen molar-refractivity contribution in [2.24, 2.45) is 10.8 Å². The minimum Gasteiger partial charge on any atom is -0.493 e. The van der Waals surface area contributed by atoms with Crippen molar-refractivity contribution < 1.29 is 18.6 Å². The van der Waals surface area contributed by atoms with Crippen molar-refractivity contribution in [3.05, 3.63) is 83.3 Å². The van der Waals surface area contributed by atoms with E-state index < -0.39 is 5.82 Å². The van der Waals surface area contributed by atoms with Crippen LogP contribution < -0.4 is 25.0 Å². The molecule has 0 unspecified atom stereocenters. The Kier molecular flexibility index (Phi) is 10.4. The van der Waals surface area contributed by atoms with Gasteiger partial charge in [-0.15, -0.1) is 0 Å². The van der Waals surface area contributed by atoms with E-state index in [9.17, 15) is 0 Å². The molecule has 9 nitrogen and oxygen atoms in total. The molecule has 1 fully saturated rings. The molecule has 0 saturated carbocycles. The lowest BCUT2D eigenvalue weighted by Gasteiger charge is -2.32. The molecule has 0 spiro atoms. The summed E-state index contributed by atoms with van der Waals surface area (Å²) in [6, 6.07) is 16.7. The van der Waals surface area contributed by atoms with Crippen LogP contribution in [0.1, 0.15) is 12.0 Å². The molecule has 1 aliphatic rings. The molecule has 0 radical (unpaired) electrons. The number of thiocarbonyl (C=S) groups is 1. The average Bonchev–Trinajstić information content (AvgIpc) is 3.02. The van der Waals surface area contributed by atoms with Gasteiger partial charge in [0.15, 0.2) is 28.2 Å². The van der Waals surface area contributed by atoms with Crippen LogP contribution >= 0.6 is 23.8 Å². The van der Waals surface area contributed by atoms with Crippen molar-refractivity contribution >= 4 is 51.7 Å². The quantitative estimate of drug-likeness (QED) is 0.0932. The maximum absolute atomic E-state index is 15.2. The maximum atomic E-state index is 15.2. The highest BCUT2D eigenvalue weighted by Crippen LogP contribution is 2.37. The number of hydrazone groups is 1. The third kappa shape index (κ3) is 7.92. The number of hydrogen-bond acceptors (Lipinski definition) is 8. The first-order valence-electron chi connectivity index (χ1n) is 14.2. The second-order valence-corrected chi connectivity index (χ2v) is 11.2. The maximum Gasteiger partial charge on any atom is 0.191 e. The standard InChI is InChI=1S/C32H34ClFN6O3S/c1-38-13-15-39(16-14-38)12-3-17-42-31-20-27-25(19-30(31)41-2)28(10-11-36-27)43-29-9-4-22(18-26(29)34)21-37-40(32(35)44)24-7-5-23(33)6-8-24/h4-11,18-21H,3,12-17H2,1-2H3,(H2,35,44). The molecular weight excluding hydrogens is 603 g/mol. The van der Waals surface area contributed by atoms with Crippen LogP contribution in [0, 0.1) is 5.82 Å². The number of pyridine rings is 1. The number of halogens is 2. The molecule has 3 aromatic carbocycles. The van der Waals surface area contributed by atoms with Gasteiger partial charge in [0.1, 0.15) is 5.75 Å². The molecule has 4 aromatic rings. The summed E-state index contributed by atoms with van der Waals surface area (Å²) in [5.41, 5.74) is 7.59.